The first kappa shape index (κ1) is 14.1. The van der Waals surface area contributed by atoms with Crippen LogP contribution in [0.25, 0.3) is 0 Å². The first-order chi connectivity index (χ1) is 9.13. The summed E-state index contributed by atoms with van der Waals surface area (Å²) in [6.45, 7) is 7.10. The van der Waals surface area contributed by atoms with Crippen LogP contribution in [0.1, 0.15) is 19.8 Å². The van der Waals surface area contributed by atoms with Gasteiger partial charge in [-0.05, 0) is 26.3 Å². The predicted octanol–water partition coefficient (Wildman–Crippen LogP) is 1.64. The molecule has 1 fully saturated rings. The molecule has 0 amide bonds. The number of hydrogen-bond acceptors (Lipinski definition) is 4. The Morgan fingerprint density at radius 1 is 1.74 bits per heavy atom. The monoisotopic (exact) mass is 282 g/mol. The van der Waals surface area contributed by atoms with Gasteiger partial charge in [0.05, 0.1) is 18.4 Å². The van der Waals surface area contributed by atoms with E-state index in [1.807, 2.05) is 0 Å². The maximum atomic E-state index is 12.0. The van der Waals surface area contributed by atoms with Crippen molar-refractivity contribution in [3.8, 4) is 0 Å². The van der Waals surface area contributed by atoms with Crippen LogP contribution in [0.4, 0.5) is 5.69 Å². The lowest BCUT2D eigenvalue weighted by molar-refractivity contribution is 0.389. The van der Waals surface area contributed by atoms with Gasteiger partial charge in [-0.15, -0.1) is 6.58 Å². The van der Waals surface area contributed by atoms with Crippen LogP contribution in [0.15, 0.2) is 23.6 Å². The van der Waals surface area contributed by atoms with Crippen molar-refractivity contribution in [2.75, 3.05) is 11.9 Å². The van der Waals surface area contributed by atoms with Crippen LogP contribution >= 0.6 is 11.6 Å². The highest BCUT2D eigenvalue weighted by molar-refractivity contribution is 6.32. The summed E-state index contributed by atoms with van der Waals surface area (Å²) in [6, 6.07) is 0.614. The Labute approximate surface area is 117 Å². The number of halogens is 1. The highest BCUT2D eigenvalue weighted by atomic mass is 35.5. The summed E-state index contributed by atoms with van der Waals surface area (Å²) >= 11 is 6.11. The summed E-state index contributed by atoms with van der Waals surface area (Å²) in [5.74, 6) is 0. The zero-order valence-electron chi connectivity index (χ0n) is 11.0. The molecular weight excluding hydrogens is 264 g/mol. The highest BCUT2D eigenvalue weighted by Crippen LogP contribution is 2.20. The van der Waals surface area contributed by atoms with Crippen molar-refractivity contribution in [3.63, 3.8) is 0 Å². The zero-order valence-corrected chi connectivity index (χ0v) is 11.8. The minimum Gasteiger partial charge on any atom is -0.378 e. The van der Waals surface area contributed by atoms with Crippen LogP contribution in [-0.4, -0.2) is 28.4 Å². The largest absolute Gasteiger partial charge is 0.378 e. The van der Waals surface area contributed by atoms with Gasteiger partial charge in [-0.25, -0.2) is 4.68 Å². The van der Waals surface area contributed by atoms with Gasteiger partial charge >= 0.3 is 0 Å². The summed E-state index contributed by atoms with van der Waals surface area (Å²) in [5, 5.41) is 11.0. The van der Waals surface area contributed by atoms with Crippen molar-refractivity contribution in [2.24, 2.45) is 0 Å². The number of allylic oxidation sites excluding steroid dienone is 1. The van der Waals surface area contributed by atoms with Gasteiger partial charge in [-0.1, -0.05) is 17.7 Å². The molecule has 1 aromatic heterocycles. The third kappa shape index (κ3) is 3.16. The van der Waals surface area contributed by atoms with Gasteiger partial charge in [0, 0.05) is 12.1 Å². The molecule has 0 spiro atoms. The van der Waals surface area contributed by atoms with E-state index < -0.39 is 0 Å². The topological polar surface area (TPSA) is 59.0 Å². The van der Waals surface area contributed by atoms with Gasteiger partial charge in [-0.2, -0.15) is 5.10 Å². The number of anilines is 1. The van der Waals surface area contributed by atoms with E-state index in [1.165, 1.54) is 4.68 Å². The molecule has 1 saturated heterocycles. The van der Waals surface area contributed by atoms with Gasteiger partial charge in [0.1, 0.15) is 5.02 Å². The predicted molar refractivity (Wildman–Crippen MR) is 77.8 cm³/mol. The molecule has 6 heteroatoms. The van der Waals surface area contributed by atoms with Gasteiger partial charge in [-0.3, -0.25) is 4.79 Å². The number of nitrogens with one attached hydrogen (secondary N) is 2. The first-order valence-electron chi connectivity index (χ1n) is 6.50. The second-order valence-electron chi connectivity index (χ2n) is 4.78. The molecule has 2 heterocycles. The number of nitrogens with zero attached hydrogens (tertiary/aromatic N) is 2. The summed E-state index contributed by atoms with van der Waals surface area (Å²) in [5.41, 5.74) is 0.315. The van der Waals surface area contributed by atoms with E-state index >= 15 is 0 Å². The van der Waals surface area contributed by atoms with Crippen molar-refractivity contribution in [2.45, 2.75) is 38.4 Å². The third-order valence-corrected chi connectivity index (χ3v) is 3.75. The van der Waals surface area contributed by atoms with Gasteiger partial charge in [0.2, 0.25) is 0 Å². The van der Waals surface area contributed by atoms with Gasteiger partial charge < -0.3 is 10.6 Å². The molecular formula is C13H19ClN4O. The standard InChI is InChI=1S/C13H19ClN4O/c1-3-7-18-13(19)12(14)11(8-16-18)17-10-5-4-6-15-9(10)2/h3,8-10,15,17H,1,4-7H2,2H3. The van der Waals surface area contributed by atoms with E-state index in [0.717, 1.165) is 19.4 Å². The zero-order chi connectivity index (χ0) is 13.8. The number of piperidine rings is 1. The Bertz CT molecular complexity index is 514. The summed E-state index contributed by atoms with van der Waals surface area (Å²) in [7, 11) is 0. The quantitative estimate of drug-likeness (QED) is 0.824. The van der Waals surface area contributed by atoms with Crippen LogP contribution < -0.4 is 16.2 Å². The Kier molecular flexibility index (Phi) is 4.61. The Morgan fingerprint density at radius 3 is 3.21 bits per heavy atom. The van der Waals surface area contributed by atoms with Crippen molar-refractivity contribution >= 4 is 17.3 Å². The normalized spacial score (nSPS) is 23.1. The van der Waals surface area contributed by atoms with Crippen molar-refractivity contribution in [1.29, 1.82) is 0 Å². The second-order valence-corrected chi connectivity index (χ2v) is 5.16. The smallest absolute Gasteiger partial charge is 0.287 e. The first-order valence-corrected chi connectivity index (χ1v) is 6.87. The average Bonchev–Trinajstić information content (AvgIpc) is 2.41. The third-order valence-electron chi connectivity index (χ3n) is 3.39. The van der Waals surface area contributed by atoms with E-state index in [-0.39, 0.29) is 16.6 Å². The molecule has 1 aliphatic rings. The number of aromatic nitrogens is 2. The minimum atomic E-state index is -0.289. The Balaban J connectivity index is 2.19. The van der Waals surface area contributed by atoms with Crippen LogP contribution in [-0.2, 0) is 6.54 Å². The molecule has 0 aromatic carbocycles. The fraction of sp³-hybridized carbons (Fsp3) is 0.538. The van der Waals surface area contributed by atoms with E-state index in [4.69, 9.17) is 11.6 Å². The molecule has 1 aromatic rings. The van der Waals surface area contributed by atoms with Crippen LogP contribution in [0.2, 0.25) is 5.02 Å². The Morgan fingerprint density at radius 2 is 2.53 bits per heavy atom. The molecule has 0 aliphatic carbocycles. The van der Waals surface area contributed by atoms with Crippen molar-refractivity contribution in [3.05, 3.63) is 34.2 Å². The number of rotatable bonds is 4. The SMILES string of the molecule is C=CCn1ncc(NC2CCCNC2C)c(Cl)c1=O. The van der Waals surface area contributed by atoms with E-state index in [0.29, 0.717) is 18.3 Å². The average molecular weight is 283 g/mol. The molecule has 1 aliphatic heterocycles. The van der Waals surface area contributed by atoms with Gasteiger partial charge in [0.15, 0.2) is 0 Å². The minimum absolute atomic E-state index is 0.189. The van der Waals surface area contributed by atoms with Crippen LogP contribution in [0, 0.1) is 0 Å². The Hall–Kier alpha value is -1.33. The molecule has 0 bridgehead atoms. The second kappa shape index (κ2) is 6.21. The molecule has 2 rings (SSSR count). The molecule has 0 saturated carbocycles. The van der Waals surface area contributed by atoms with Gasteiger partial charge in [0.25, 0.3) is 5.56 Å². The molecule has 2 unspecified atom stereocenters. The van der Waals surface area contributed by atoms with Crippen molar-refractivity contribution in [1.82, 2.24) is 15.1 Å². The number of hydrogen-bond donors (Lipinski definition) is 2. The lowest BCUT2D eigenvalue weighted by atomic mass is 10.00. The van der Waals surface area contributed by atoms with Crippen molar-refractivity contribution < 1.29 is 0 Å². The fourth-order valence-electron chi connectivity index (χ4n) is 2.26. The van der Waals surface area contributed by atoms with Crippen LogP contribution in [0.5, 0.6) is 0 Å². The summed E-state index contributed by atoms with van der Waals surface area (Å²) < 4.78 is 1.29. The fourth-order valence-corrected chi connectivity index (χ4v) is 2.46. The van der Waals surface area contributed by atoms with Crippen LogP contribution in [0.3, 0.4) is 0 Å². The molecule has 5 nitrogen and oxygen atoms in total. The molecule has 2 N–H and O–H groups in total. The summed E-state index contributed by atoms with van der Waals surface area (Å²) in [6.07, 6.45) is 5.39. The van der Waals surface area contributed by atoms with E-state index in [9.17, 15) is 4.79 Å². The molecule has 2 atom stereocenters. The maximum absolute atomic E-state index is 12.0. The van der Waals surface area contributed by atoms with E-state index in [1.54, 1.807) is 12.3 Å². The lowest BCUT2D eigenvalue weighted by Crippen LogP contribution is -2.46. The summed E-state index contributed by atoms with van der Waals surface area (Å²) in [4.78, 5) is 12.0. The lowest BCUT2D eigenvalue weighted by Gasteiger charge is -2.31. The highest BCUT2D eigenvalue weighted by Gasteiger charge is 2.22. The molecule has 104 valence electrons. The van der Waals surface area contributed by atoms with E-state index in [2.05, 4.69) is 29.2 Å². The maximum Gasteiger partial charge on any atom is 0.287 e. The molecule has 19 heavy (non-hydrogen) atoms. The molecule has 0 radical (unpaired) electrons.